The number of nitrogens with zero attached hydrogens (tertiary/aromatic N) is 7. The Kier molecular flexibility index (Phi) is 7.53. The Hall–Kier alpha value is -5.12. The molecule has 0 radical (unpaired) electrons. The summed E-state index contributed by atoms with van der Waals surface area (Å²) in [6.45, 7) is 2.86. The van der Waals surface area contributed by atoms with Crippen molar-refractivity contribution in [3.05, 3.63) is 96.3 Å². The molecule has 0 fully saturated rings. The van der Waals surface area contributed by atoms with Gasteiger partial charge in [0.2, 0.25) is 11.9 Å². The highest BCUT2D eigenvalue weighted by molar-refractivity contribution is 6.06. The second kappa shape index (κ2) is 11.5. The molecule has 3 N–H and O–H groups in total. The van der Waals surface area contributed by atoms with E-state index in [0.29, 0.717) is 59.2 Å². The number of nitrogens with two attached hydrogens (primary N) is 1. The second-order valence-electron chi connectivity index (χ2n) is 8.71. The monoisotopic (exact) mass is 520 g/mol. The number of rotatable bonds is 9. The third-order valence-electron chi connectivity index (χ3n) is 6.11. The Morgan fingerprint density at radius 1 is 0.897 bits per heavy atom. The van der Waals surface area contributed by atoms with Gasteiger partial charge in [-0.05, 0) is 48.9 Å². The van der Waals surface area contributed by atoms with Crippen molar-refractivity contribution in [1.29, 1.82) is 0 Å². The van der Waals surface area contributed by atoms with Gasteiger partial charge >= 0.3 is 0 Å². The lowest BCUT2D eigenvalue weighted by Gasteiger charge is -2.22. The van der Waals surface area contributed by atoms with Crippen LogP contribution in [-0.2, 0) is 13.1 Å². The molecular weight excluding hydrogens is 492 g/mol. The van der Waals surface area contributed by atoms with E-state index in [1.165, 1.54) is 0 Å². The number of phenolic OH excluding ortho intramolecular Hbond substituents is 1. The predicted octanol–water partition coefficient (Wildman–Crippen LogP) is 4.85. The molecule has 0 saturated carbocycles. The van der Waals surface area contributed by atoms with Gasteiger partial charge in [0.15, 0.2) is 5.82 Å². The van der Waals surface area contributed by atoms with Crippen molar-refractivity contribution in [1.82, 2.24) is 24.9 Å². The van der Waals surface area contributed by atoms with Crippen LogP contribution in [0, 0.1) is 0 Å². The third-order valence-corrected chi connectivity index (χ3v) is 6.11. The van der Waals surface area contributed by atoms with Gasteiger partial charge in [0.05, 0.1) is 48.4 Å². The van der Waals surface area contributed by atoms with Gasteiger partial charge in [-0.3, -0.25) is 9.97 Å². The third kappa shape index (κ3) is 5.74. The molecule has 10 heteroatoms. The van der Waals surface area contributed by atoms with Gasteiger partial charge in [-0.2, -0.15) is 15.0 Å². The van der Waals surface area contributed by atoms with Crippen LogP contribution in [0.15, 0.2) is 84.1 Å². The minimum Gasteiger partial charge on any atom is -0.507 e. The van der Waals surface area contributed by atoms with Gasteiger partial charge in [-0.15, -0.1) is 0 Å². The molecule has 196 valence electrons. The molecule has 0 saturated heterocycles. The average Bonchev–Trinajstić information content (AvgIpc) is 2.97. The summed E-state index contributed by atoms with van der Waals surface area (Å²) in [5.74, 6) is 1.58. The molecular formula is C29H28N8O2. The van der Waals surface area contributed by atoms with E-state index in [4.69, 9.17) is 20.4 Å². The molecule has 3 heterocycles. The van der Waals surface area contributed by atoms with E-state index in [2.05, 4.69) is 19.9 Å². The molecule has 0 aliphatic heterocycles. The Bertz CT molecular complexity index is 1570. The number of aromatic nitrogens is 5. The van der Waals surface area contributed by atoms with Crippen LogP contribution >= 0.6 is 0 Å². The number of fused-ring (bicyclic) bond motifs is 1. The van der Waals surface area contributed by atoms with E-state index in [9.17, 15) is 5.11 Å². The number of aliphatic imine (C=N–C) groups is 1. The minimum absolute atomic E-state index is 0.0799. The topological polar surface area (TPSA) is 136 Å². The summed E-state index contributed by atoms with van der Waals surface area (Å²) in [7, 11) is 1.59. The zero-order valence-corrected chi connectivity index (χ0v) is 21.7. The summed E-state index contributed by atoms with van der Waals surface area (Å²) < 4.78 is 5.57. The highest BCUT2D eigenvalue weighted by Gasteiger charge is 2.18. The number of methoxy groups -OCH3 is 1. The van der Waals surface area contributed by atoms with Crippen LogP contribution in [0.5, 0.6) is 11.5 Å². The van der Waals surface area contributed by atoms with Crippen molar-refractivity contribution in [2.75, 3.05) is 17.7 Å². The first-order valence-electron chi connectivity index (χ1n) is 12.5. The van der Waals surface area contributed by atoms with E-state index < -0.39 is 0 Å². The molecule has 0 amide bonds. The Balaban J connectivity index is 1.59. The molecule has 3 aromatic heterocycles. The second-order valence-corrected chi connectivity index (χ2v) is 8.71. The Labute approximate surface area is 225 Å². The maximum atomic E-state index is 10.4. The van der Waals surface area contributed by atoms with E-state index in [-0.39, 0.29) is 11.7 Å². The van der Waals surface area contributed by atoms with Gasteiger partial charge < -0.3 is 20.5 Å². The fraction of sp³-hybridized carbons (Fsp3) is 0.172. The standard InChI is InChI=1S/C29H28N8O2/c1-3-22(33-23-13-14-24(38)21-11-8-12-25(39-2)26(21)23)27-34-28(30)36-29(35-27)37(17-19-9-4-6-15-31-19)18-20-10-5-7-16-32-20/h4-16,38H,3,17-18H2,1-2H3,(H2,30,34,35,36)/b33-22+. The molecule has 5 aromatic rings. The minimum atomic E-state index is 0.0799. The normalized spacial score (nSPS) is 11.5. The number of anilines is 2. The van der Waals surface area contributed by atoms with Crippen LogP contribution in [0.2, 0.25) is 0 Å². The smallest absolute Gasteiger partial charge is 0.231 e. The zero-order chi connectivity index (χ0) is 27.2. The first kappa shape index (κ1) is 25.5. The predicted molar refractivity (Wildman–Crippen MR) is 151 cm³/mol. The largest absolute Gasteiger partial charge is 0.507 e. The molecule has 0 bridgehead atoms. The van der Waals surface area contributed by atoms with Crippen molar-refractivity contribution in [2.24, 2.45) is 4.99 Å². The highest BCUT2D eigenvalue weighted by Crippen LogP contribution is 2.39. The lowest BCUT2D eigenvalue weighted by molar-refractivity contribution is 0.419. The number of aromatic hydroxyl groups is 1. The number of nitrogen functional groups attached to an aromatic ring is 1. The highest BCUT2D eigenvalue weighted by atomic mass is 16.5. The molecule has 0 unspecified atom stereocenters. The summed E-state index contributed by atoms with van der Waals surface area (Å²) in [6.07, 6.45) is 4.03. The van der Waals surface area contributed by atoms with Gasteiger partial charge in [0, 0.05) is 17.8 Å². The van der Waals surface area contributed by atoms with Crippen molar-refractivity contribution in [2.45, 2.75) is 26.4 Å². The van der Waals surface area contributed by atoms with Crippen molar-refractivity contribution in [3.63, 3.8) is 0 Å². The average molecular weight is 521 g/mol. The van der Waals surface area contributed by atoms with Crippen LogP contribution in [0.1, 0.15) is 30.6 Å². The maximum Gasteiger partial charge on any atom is 0.231 e. The maximum absolute atomic E-state index is 10.4. The van der Waals surface area contributed by atoms with Crippen LogP contribution < -0.4 is 15.4 Å². The van der Waals surface area contributed by atoms with E-state index in [0.717, 1.165) is 11.4 Å². The quantitative estimate of drug-likeness (QED) is 0.261. The van der Waals surface area contributed by atoms with Crippen LogP contribution in [0.3, 0.4) is 0 Å². The van der Waals surface area contributed by atoms with Gasteiger partial charge in [-0.25, -0.2) is 4.99 Å². The zero-order valence-electron chi connectivity index (χ0n) is 21.7. The number of phenols is 1. The van der Waals surface area contributed by atoms with E-state index >= 15 is 0 Å². The molecule has 0 spiro atoms. The Morgan fingerprint density at radius 2 is 1.62 bits per heavy atom. The van der Waals surface area contributed by atoms with Crippen molar-refractivity contribution < 1.29 is 9.84 Å². The van der Waals surface area contributed by atoms with E-state index in [1.54, 1.807) is 31.6 Å². The number of hydrogen-bond donors (Lipinski definition) is 2. The van der Waals surface area contributed by atoms with Gasteiger partial charge in [-0.1, -0.05) is 31.2 Å². The fourth-order valence-corrected chi connectivity index (χ4v) is 4.26. The summed E-state index contributed by atoms with van der Waals surface area (Å²) in [4.78, 5) is 29.5. The molecule has 0 aliphatic rings. The van der Waals surface area contributed by atoms with Gasteiger partial charge in [0.1, 0.15) is 11.5 Å². The number of benzene rings is 2. The molecule has 2 aromatic carbocycles. The fourth-order valence-electron chi connectivity index (χ4n) is 4.26. The Morgan fingerprint density at radius 3 is 2.23 bits per heavy atom. The number of pyridine rings is 2. The molecule has 5 rings (SSSR count). The number of hydrogen-bond acceptors (Lipinski definition) is 10. The lowest BCUT2D eigenvalue weighted by Crippen LogP contribution is -2.27. The van der Waals surface area contributed by atoms with Crippen molar-refractivity contribution in [3.8, 4) is 11.5 Å². The van der Waals surface area contributed by atoms with Gasteiger partial charge in [0.25, 0.3) is 0 Å². The van der Waals surface area contributed by atoms with Crippen LogP contribution in [0.25, 0.3) is 10.8 Å². The molecule has 0 atom stereocenters. The summed E-state index contributed by atoms with van der Waals surface area (Å²) in [6, 6.07) is 20.3. The molecule has 0 aliphatic carbocycles. The SMILES string of the molecule is CC/C(=N\c1ccc(O)c2cccc(OC)c12)c1nc(N)nc(N(Cc2ccccn2)Cc2ccccn2)n1. The summed E-state index contributed by atoms with van der Waals surface area (Å²) >= 11 is 0. The van der Waals surface area contributed by atoms with E-state index in [1.807, 2.05) is 66.4 Å². The first-order chi connectivity index (χ1) is 19.1. The van der Waals surface area contributed by atoms with Crippen molar-refractivity contribution >= 4 is 34.1 Å². The van der Waals surface area contributed by atoms with Crippen LogP contribution in [0.4, 0.5) is 17.6 Å². The molecule has 10 nitrogen and oxygen atoms in total. The number of ether oxygens (including phenoxy) is 1. The lowest BCUT2D eigenvalue weighted by atomic mass is 10.1. The molecule has 39 heavy (non-hydrogen) atoms. The van der Waals surface area contributed by atoms with Crippen LogP contribution in [-0.4, -0.2) is 42.8 Å². The summed E-state index contributed by atoms with van der Waals surface area (Å²) in [5, 5.41) is 11.8. The first-order valence-corrected chi connectivity index (χ1v) is 12.5. The summed E-state index contributed by atoms with van der Waals surface area (Å²) in [5.41, 5.74) is 9.13.